The molecule has 4 nitrogen and oxygen atoms in total. The van der Waals surface area contributed by atoms with Crippen molar-refractivity contribution in [3.8, 4) is 0 Å². The zero-order valence-electron chi connectivity index (χ0n) is 14.3. The molecule has 0 radical (unpaired) electrons. The maximum absolute atomic E-state index is 13.8. The van der Waals surface area contributed by atoms with Gasteiger partial charge in [0.25, 0.3) is 5.91 Å². The van der Waals surface area contributed by atoms with Crippen LogP contribution in [0.3, 0.4) is 0 Å². The average Bonchev–Trinajstić information content (AvgIpc) is 2.96. The Bertz CT molecular complexity index is 763. The summed E-state index contributed by atoms with van der Waals surface area (Å²) >= 11 is 7.31. The van der Waals surface area contributed by atoms with Crippen LogP contribution in [0.1, 0.15) is 29.1 Å². The number of benzene rings is 1. The molecule has 25 heavy (non-hydrogen) atoms. The maximum Gasteiger partial charge on any atom is 0.254 e. The van der Waals surface area contributed by atoms with Crippen LogP contribution in [0, 0.1) is 11.7 Å². The third-order valence-corrected chi connectivity index (χ3v) is 4.95. The minimum Gasteiger partial charge on any atom is -0.340 e. The number of likely N-dealkylation sites (N-methyl/N-ethyl adjacent to an activating group) is 1. The van der Waals surface area contributed by atoms with Crippen molar-refractivity contribution in [2.24, 2.45) is 5.92 Å². The van der Waals surface area contributed by atoms with Gasteiger partial charge in [-0.2, -0.15) is 0 Å². The second-order valence-electron chi connectivity index (χ2n) is 6.08. The van der Waals surface area contributed by atoms with Crippen molar-refractivity contribution in [1.82, 2.24) is 10.2 Å². The minimum atomic E-state index is -0.743. The molecule has 1 N–H and O–H groups in total. The van der Waals surface area contributed by atoms with E-state index in [1.807, 2.05) is 19.9 Å². The smallest absolute Gasteiger partial charge is 0.254 e. The molecule has 0 saturated carbocycles. The van der Waals surface area contributed by atoms with Gasteiger partial charge < -0.3 is 10.2 Å². The predicted molar refractivity (Wildman–Crippen MR) is 98.3 cm³/mol. The number of thiophene rings is 1. The normalized spacial score (nSPS) is 12.1. The quantitative estimate of drug-likeness (QED) is 0.822. The topological polar surface area (TPSA) is 49.4 Å². The molecule has 1 atom stereocenters. The highest BCUT2D eigenvalue weighted by Crippen LogP contribution is 2.23. The summed E-state index contributed by atoms with van der Waals surface area (Å²) in [5, 5.41) is 2.65. The first kappa shape index (κ1) is 19.4. The third-order valence-electron chi connectivity index (χ3n) is 3.74. The Kier molecular flexibility index (Phi) is 6.56. The summed E-state index contributed by atoms with van der Waals surface area (Å²) in [5.74, 6) is -1.59. The molecular weight excluding hydrogens is 363 g/mol. The van der Waals surface area contributed by atoms with Gasteiger partial charge in [0.15, 0.2) is 0 Å². The lowest BCUT2D eigenvalue weighted by molar-refractivity contribution is -0.133. The summed E-state index contributed by atoms with van der Waals surface area (Å²) in [6.45, 7) is 4.06. The summed E-state index contributed by atoms with van der Waals surface area (Å²) in [5.41, 5.74) is -0.0753. The average molecular weight is 383 g/mol. The Hall–Kier alpha value is -1.92. The van der Waals surface area contributed by atoms with Crippen LogP contribution in [0.25, 0.3) is 0 Å². The van der Waals surface area contributed by atoms with Crippen molar-refractivity contribution in [2.75, 3.05) is 7.05 Å². The molecule has 0 bridgehead atoms. The Labute approximate surface area is 155 Å². The molecule has 2 aromatic rings. The van der Waals surface area contributed by atoms with Crippen molar-refractivity contribution in [3.63, 3.8) is 0 Å². The van der Waals surface area contributed by atoms with E-state index in [0.29, 0.717) is 10.9 Å². The number of hydrogen-bond donors (Lipinski definition) is 1. The molecular formula is C18H20ClFN2O2S. The van der Waals surface area contributed by atoms with Crippen LogP contribution in [0.15, 0.2) is 36.4 Å². The fourth-order valence-electron chi connectivity index (χ4n) is 2.36. The van der Waals surface area contributed by atoms with Gasteiger partial charge in [-0.1, -0.05) is 37.6 Å². The standard InChI is InChI=1S/C18H20ClFN2O2S/c1-11(2)16(21-17(23)13-6-4-5-7-14(13)20)18(24)22(3)10-12-8-9-15(19)25-12/h4-9,11,16H,10H2,1-3H3,(H,21,23). The Balaban J connectivity index is 2.10. The molecule has 134 valence electrons. The minimum absolute atomic E-state index is 0.0753. The van der Waals surface area contributed by atoms with E-state index >= 15 is 0 Å². The van der Waals surface area contributed by atoms with E-state index in [0.717, 1.165) is 4.88 Å². The van der Waals surface area contributed by atoms with Crippen LogP contribution >= 0.6 is 22.9 Å². The fourth-order valence-corrected chi connectivity index (χ4v) is 3.50. The first-order valence-electron chi connectivity index (χ1n) is 7.84. The van der Waals surface area contributed by atoms with E-state index in [1.54, 1.807) is 19.2 Å². The van der Waals surface area contributed by atoms with E-state index in [-0.39, 0.29) is 17.4 Å². The number of hydrogen-bond acceptors (Lipinski definition) is 3. The number of carbonyl (C=O) groups excluding carboxylic acids is 2. The molecule has 0 spiro atoms. The number of rotatable bonds is 6. The lowest BCUT2D eigenvalue weighted by atomic mass is 10.0. The molecule has 0 fully saturated rings. The van der Waals surface area contributed by atoms with Crippen molar-refractivity contribution >= 4 is 34.8 Å². The summed E-state index contributed by atoms with van der Waals surface area (Å²) in [6, 6.07) is 8.59. The van der Waals surface area contributed by atoms with E-state index in [1.165, 1.54) is 34.4 Å². The largest absolute Gasteiger partial charge is 0.340 e. The van der Waals surface area contributed by atoms with Gasteiger partial charge >= 0.3 is 0 Å². The number of halogens is 2. The van der Waals surface area contributed by atoms with E-state index in [2.05, 4.69) is 5.32 Å². The second-order valence-corrected chi connectivity index (χ2v) is 7.87. The van der Waals surface area contributed by atoms with Gasteiger partial charge in [-0.25, -0.2) is 4.39 Å². The molecule has 0 aliphatic rings. The van der Waals surface area contributed by atoms with E-state index < -0.39 is 17.8 Å². The van der Waals surface area contributed by atoms with Crippen LogP contribution in [0.5, 0.6) is 0 Å². The predicted octanol–water partition coefficient (Wildman–Crippen LogP) is 3.95. The van der Waals surface area contributed by atoms with Crippen LogP contribution in [-0.4, -0.2) is 29.8 Å². The molecule has 1 unspecified atom stereocenters. The Morgan fingerprint density at radius 1 is 1.24 bits per heavy atom. The molecule has 2 rings (SSSR count). The van der Waals surface area contributed by atoms with Crippen molar-refractivity contribution in [3.05, 3.63) is 57.0 Å². The van der Waals surface area contributed by atoms with Gasteiger partial charge in [0.1, 0.15) is 11.9 Å². The lowest BCUT2D eigenvalue weighted by Crippen LogP contribution is -2.50. The highest BCUT2D eigenvalue weighted by atomic mass is 35.5. The molecule has 0 aliphatic heterocycles. The molecule has 7 heteroatoms. The van der Waals surface area contributed by atoms with Gasteiger partial charge in [-0.15, -0.1) is 11.3 Å². The van der Waals surface area contributed by atoms with Crippen molar-refractivity contribution in [1.29, 1.82) is 0 Å². The number of carbonyl (C=O) groups is 2. The number of nitrogens with zero attached hydrogens (tertiary/aromatic N) is 1. The molecule has 0 aliphatic carbocycles. The molecule has 1 heterocycles. The van der Waals surface area contributed by atoms with Gasteiger partial charge in [0.05, 0.1) is 16.4 Å². The van der Waals surface area contributed by atoms with Crippen LogP contribution in [0.2, 0.25) is 4.34 Å². The molecule has 1 aromatic carbocycles. The Morgan fingerprint density at radius 2 is 1.92 bits per heavy atom. The molecule has 2 amide bonds. The molecule has 0 saturated heterocycles. The zero-order chi connectivity index (χ0) is 18.6. The van der Waals surface area contributed by atoms with Crippen LogP contribution in [0.4, 0.5) is 4.39 Å². The number of amides is 2. The van der Waals surface area contributed by atoms with Gasteiger partial charge in [-0.05, 0) is 30.2 Å². The maximum atomic E-state index is 13.8. The third kappa shape index (κ3) is 5.03. The van der Waals surface area contributed by atoms with Gasteiger partial charge in [0, 0.05) is 11.9 Å². The first-order valence-corrected chi connectivity index (χ1v) is 9.03. The summed E-state index contributed by atoms with van der Waals surface area (Å²) in [6.07, 6.45) is 0. The van der Waals surface area contributed by atoms with Crippen LogP contribution < -0.4 is 5.32 Å². The number of nitrogens with one attached hydrogen (secondary N) is 1. The lowest BCUT2D eigenvalue weighted by Gasteiger charge is -2.27. The first-order chi connectivity index (χ1) is 11.8. The summed E-state index contributed by atoms with van der Waals surface area (Å²) in [7, 11) is 1.67. The summed E-state index contributed by atoms with van der Waals surface area (Å²) < 4.78 is 14.4. The van der Waals surface area contributed by atoms with E-state index in [9.17, 15) is 14.0 Å². The summed E-state index contributed by atoms with van der Waals surface area (Å²) in [4.78, 5) is 27.6. The monoisotopic (exact) mass is 382 g/mol. The SMILES string of the molecule is CC(C)C(NC(=O)c1ccccc1F)C(=O)N(C)Cc1ccc(Cl)s1. The Morgan fingerprint density at radius 3 is 2.48 bits per heavy atom. The zero-order valence-corrected chi connectivity index (χ0v) is 15.8. The highest BCUT2D eigenvalue weighted by molar-refractivity contribution is 7.16. The fraction of sp³-hybridized carbons (Fsp3) is 0.333. The van der Waals surface area contributed by atoms with Gasteiger partial charge in [0.2, 0.25) is 5.91 Å². The van der Waals surface area contributed by atoms with Crippen molar-refractivity contribution in [2.45, 2.75) is 26.4 Å². The van der Waals surface area contributed by atoms with Crippen molar-refractivity contribution < 1.29 is 14.0 Å². The van der Waals surface area contributed by atoms with Crippen LogP contribution in [-0.2, 0) is 11.3 Å². The highest BCUT2D eigenvalue weighted by Gasteiger charge is 2.28. The molecule has 1 aromatic heterocycles. The van der Waals surface area contributed by atoms with Gasteiger partial charge in [-0.3, -0.25) is 9.59 Å². The second kappa shape index (κ2) is 8.45. The van der Waals surface area contributed by atoms with E-state index in [4.69, 9.17) is 11.6 Å².